The van der Waals surface area contributed by atoms with E-state index in [1.54, 1.807) is 0 Å². The van der Waals surface area contributed by atoms with Crippen molar-refractivity contribution in [3.8, 4) is 5.75 Å². The molecule has 0 spiro atoms. The van der Waals surface area contributed by atoms with Crippen molar-refractivity contribution in [2.24, 2.45) is 5.92 Å². The number of rotatable bonds is 9. The fourth-order valence-corrected chi connectivity index (χ4v) is 4.54. The van der Waals surface area contributed by atoms with Crippen LogP contribution >= 0.6 is 0 Å². The Morgan fingerprint density at radius 2 is 2.00 bits per heavy atom. The molecule has 0 unspecified atom stereocenters. The molecular weight excluding hydrogens is 360 g/mol. The number of unbranched alkanes of at least 4 members (excludes halogenated alkanes) is 1. The van der Waals surface area contributed by atoms with Crippen molar-refractivity contribution in [1.82, 2.24) is 15.3 Å². The Bertz CT molecular complexity index is 725. The molecule has 1 N–H and O–H groups in total. The van der Waals surface area contributed by atoms with E-state index in [0.717, 1.165) is 44.3 Å². The molecule has 0 aliphatic carbocycles. The molecule has 156 valence electrons. The minimum absolute atomic E-state index is 0.493. The van der Waals surface area contributed by atoms with E-state index in [9.17, 15) is 0 Å². The lowest BCUT2D eigenvalue weighted by Crippen LogP contribution is -2.33. The number of nitrogens with one attached hydrogen (secondary N) is 1. The van der Waals surface area contributed by atoms with Crippen LogP contribution in [0.1, 0.15) is 50.5 Å². The number of hydrogen-bond donors (Lipinski definition) is 1. The first-order valence-electron chi connectivity index (χ1n) is 11.3. The molecule has 5 nitrogen and oxygen atoms in total. The maximum Gasteiger partial charge on any atom is 0.139 e. The molecule has 0 amide bonds. The minimum Gasteiger partial charge on any atom is -0.490 e. The van der Waals surface area contributed by atoms with Gasteiger partial charge < -0.3 is 15.0 Å². The van der Waals surface area contributed by atoms with Gasteiger partial charge in [0.2, 0.25) is 0 Å². The summed E-state index contributed by atoms with van der Waals surface area (Å²) in [6.07, 6.45) is 17.8. The highest BCUT2D eigenvalue weighted by Gasteiger charge is 2.20. The molecule has 2 saturated heterocycles. The second kappa shape index (κ2) is 10.6. The van der Waals surface area contributed by atoms with Crippen LogP contribution in [0.5, 0.6) is 5.75 Å². The standard InChI is InChI=1S/C24H34N4O/c1(2-6-21-7-3-11-25-16-21)5-20-9-13-28(14-10-20)23-15-24(18-26-17-23)29-19-22-8-4-12-27-22/h3,7,11,15-18,20,22,27H,1-2,4-6,8-10,12-14,19H2/t22-/m0/s1. The molecule has 2 aromatic heterocycles. The predicted octanol–water partition coefficient (Wildman–Crippen LogP) is 4.24. The van der Waals surface area contributed by atoms with E-state index in [-0.39, 0.29) is 0 Å². The zero-order chi connectivity index (χ0) is 19.7. The lowest BCUT2D eigenvalue weighted by molar-refractivity contribution is 0.276. The van der Waals surface area contributed by atoms with Crippen molar-refractivity contribution < 1.29 is 4.74 Å². The Kier molecular flexibility index (Phi) is 7.35. The molecule has 4 rings (SSSR count). The third kappa shape index (κ3) is 6.17. The van der Waals surface area contributed by atoms with Gasteiger partial charge in [0.1, 0.15) is 12.4 Å². The molecular formula is C24H34N4O. The van der Waals surface area contributed by atoms with E-state index in [1.165, 1.54) is 56.2 Å². The average molecular weight is 395 g/mol. The highest BCUT2D eigenvalue weighted by Crippen LogP contribution is 2.28. The van der Waals surface area contributed by atoms with Gasteiger partial charge in [-0.25, -0.2) is 0 Å². The molecule has 0 aromatic carbocycles. The highest BCUT2D eigenvalue weighted by atomic mass is 16.5. The van der Waals surface area contributed by atoms with Gasteiger partial charge in [-0.05, 0) is 62.6 Å². The van der Waals surface area contributed by atoms with E-state index >= 15 is 0 Å². The monoisotopic (exact) mass is 394 g/mol. The van der Waals surface area contributed by atoms with E-state index < -0.39 is 0 Å². The van der Waals surface area contributed by atoms with Gasteiger partial charge in [-0.15, -0.1) is 0 Å². The molecule has 2 aliphatic rings. The number of nitrogens with zero attached hydrogens (tertiary/aromatic N) is 3. The summed E-state index contributed by atoms with van der Waals surface area (Å²) in [6.45, 7) is 4.11. The number of aromatic nitrogens is 2. The summed E-state index contributed by atoms with van der Waals surface area (Å²) in [5.41, 5.74) is 2.57. The lowest BCUT2D eigenvalue weighted by Gasteiger charge is -2.33. The van der Waals surface area contributed by atoms with E-state index in [0.29, 0.717) is 6.04 Å². The summed E-state index contributed by atoms with van der Waals surface area (Å²) in [5.74, 6) is 1.76. The first-order chi connectivity index (χ1) is 14.4. The Balaban J connectivity index is 1.16. The minimum atomic E-state index is 0.493. The quantitative estimate of drug-likeness (QED) is 0.645. The summed E-state index contributed by atoms with van der Waals surface area (Å²) in [6, 6.07) is 6.87. The van der Waals surface area contributed by atoms with Crippen LogP contribution in [-0.4, -0.2) is 42.3 Å². The zero-order valence-corrected chi connectivity index (χ0v) is 17.4. The number of aryl methyl sites for hydroxylation is 1. The Morgan fingerprint density at radius 1 is 1.07 bits per heavy atom. The number of anilines is 1. The van der Waals surface area contributed by atoms with Gasteiger partial charge in [0, 0.05) is 37.6 Å². The largest absolute Gasteiger partial charge is 0.490 e. The zero-order valence-electron chi connectivity index (χ0n) is 17.4. The fourth-order valence-electron chi connectivity index (χ4n) is 4.54. The summed E-state index contributed by atoms with van der Waals surface area (Å²) in [7, 11) is 0. The van der Waals surface area contributed by atoms with Gasteiger partial charge in [-0.3, -0.25) is 9.97 Å². The Labute approximate surface area is 174 Å². The number of pyridine rings is 2. The summed E-state index contributed by atoms with van der Waals surface area (Å²) in [5, 5.41) is 3.48. The van der Waals surface area contributed by atoms with Crippen LogP contribution in [0.25, 0.3) is 0 Å². The molecule has 2 aliphatic heterocycles. The summed E-state index contributed by atoms with van der Waals surface area (Å²) >= 11 is 0. The molecule has 2 fully saturated rings. The van der Waals surface area contributed by atoms with Crippen LogP contribution < -0.4 is 15.0 Å². The van der Waals surface area contributed by atoms with Crippen molar-refractivity contribution in [2.45, 2.75) is 57.4 Å². The smallest absolute Gasteiger partial charge is 0.139 e. The van der Waals surface area contributed by atoms with Crippen LogP contribution in [0.2, 0.25) is 0 Å². The first kappa shape index (κ1) is 20.1. The topological polar surface area (TPSA) is 50.3 Å². The van der Waals surface area contributed by atoms with Crippen molar-refractivity contribution in [3.05, 3.63) is 48.5 Å². The van der Waals surface area contributed by atoms with Gasteiger partial charge in [-0.2, -0.15) is 0 Å². The van der Waals surface area contributed by atoms with Crippen molar-refractivity contribution in [2.75, 3.05) is 31.1 Å². The van der Waals surface area contributed by atoms with Crippen LogP contribution in [0.3, 0.4) is 0 Å². The van der Waals surface area contributed by atoms with Gasteiger partial charge >= 0.3 is 0 Å². The fraction of sp³-hybridized carbons (Fsp3) is 0.583. The molecule has 29 heavy (non-hydrogen) atoms. The van der Waals surface area contributed by atoms with Crippen LogP contribution in [0, 0.1) is 5.92 Å². The van der Waals surface area contributed by atoms with Crippen molar-refractivity contribution >= 4 is 5.69 Å². The molecule has 1 atom stereocenters. The average Bonchev–Trinajstić information content (AvgIpc) is 3.30. The van der Waals surface area contributed by atoms with E-state index in [2.05, 4.69) is 32.3 Å². The van der Waals surface area contributed by atoms with Gasteiger partial charge in [-0.1, -0.05) is 18.9 Å². The third-order valence-electron chi connectivity index (χ3n) is 6.34. The van der Waals surface area contributed by atoms with Gasteiger partial charge in [0.05, 0.1) is 18.1 Å². The highest BCUT2D eigenvalue weighted by molar-refractivity contribution is 5.48. The second-order valence-corrected chi connectivity index (χ2v) is 8.52. The van der Waals surface area contributed by atoms with Crippen LogP contribution in [0.4, 0.5) is 5.69 Å². The number of hydrogen-bond acceptors (Lipinski definition) is 5. The maximum atomic E-state index is 5.99. The summed E-state index contributed by atoms with van der Waals surface area (Å²) in [4.78, 5) is 11.1. The van der Waals surface area contributed by atoms with E-state index in [4.69, 9.17) is 4.74 Å². The Morgan fingerprint density at radius 3 is 2.79 bits per heavy atom. The molecule has 4 heterocycles. The first-order valence-corrected chi connectivity index (χ1v) is 11.3. The molecule has 5 heteroatoms. The predicted molar refractivity (Wildman–Crippen MR) is 117 cm³/mol. The number of ether oxygens (including phenoxy) is 1. The normalized spacial score (nSPS) is 20.1. The Hall–Kier alpha value is -2.14. The third-order valence-corrected chi connectivity index (χ3v) is 6.34. The van der Waals surface area contributed by atoms with Gasteiger partial charge in [0.15, 0.2) is 0 Å². The lowest BCUT2D eigenvalue weighted by atomic mass is 9.91. The number of piperidine rings is 1. The van der Waals surface area contributed by atoms with Crippen molar-refractivity contribution in [3.63, 3.8) is 0 Å². The second-order valence-electron chi connectivity index (χ2n) is 8.52. The van der Waals surface area contributed by atoms with Gasteiger partial charge in [0.25, 0.3) is 0 Å². The molecule has 2 aromatic rings. The summed E-state index contributed by atoms with van der Waals surface area (Å²) < 4.78 is 5.99. The SMILES string of the molecule is c1cncc(CCCCC2CCN(c3cncc(OC[C@@H]4CCCN4)c3)CC2)c1. The maximum absolute atomic E-state index is 5.99. The molecule has 0 saturated carbocycles. The van der Waals surface area contributed by atoms with Crippen LogP contribution in [-0.2, 0) is 6.42 Å². The van der Waals surface area contributed by atoms with E-state index in [1.807, 2.05) is 30.9 Å². The van der Waals surface area contributed by atoms with Crippen LogP contribution in [0.15, 0.2) is 43.0 Å². The molecule has 0 radical (unpaired) electrons. The van der Waals surface area contributed by atoms with Crippen molar-refractivity contribution in [1.29, 1.82) is 0 Å². The molecule has 0 bridgehead atoms.